The Balaban J connectivity index is 2.09. The maximum atomic E-state index is 2.34. The third-order valence-corrected chi connectivity index (χ3v) is 3.83. The highest BCUT2D eigenvalue weighted by atomic mass is 14.4. The van der Waals surface area contributed by atoms with Crippen LogP contribution in [0.3, 0.4) is 0 Å². The minimum absolute atomic E-state index is 1.26. The van der Waals surface area contributed by atoms with E-state index in [1.54, 1.807) is 33.4 Å². The number of allylic oxidation sites excluding steroid dienone is 10. The van der Waals surface area contributed by atoms with Crippen LogP contribution in [0.2, 0.25) is 0 Å². The summed E-state index contributed by atoms with van der Waals surface area (Å²) in [6.07, 6.45) is 14.4. The SMILES string of the molecule is C1=C2CCC3=CC=C4CCC(=C1)C2=C34. The molecule has 4 aliphatic carbocycles. The normalized spacial score (nSPS) is 26.9. The van der Waals surface area contributed by atoms with Gasteiger partial charge in [-0.15, -0.1) is 0 Å². The molecule has 0 bridgehead atoms. The van der Waals surface area contributed by atoms with Gasteiger partial charge in [-0.3, -0.25) is 0 Å². The van der Waals surface area contributed by atoms with Crippen LogP contribution in [0.1, 0.15) is 25.7 Å². The van der Waals surface area contributed by atoms with Crippen LogP contribution in [0.4, 0.5) is 0 Å². The highest BCUT2D eigenvalue weighted by molar-refractivity contribution is 5.73. The molecule has 0 radical (unpaired) electrons. The van der Waals surface area contributed by atoms with Crippen molar-refractivity contribution in [3.63, 3.8) is 0 Å². The lowest BCUT2D eigenvalue weighted by Crippen LogP contribution is -2.10. The second-order valence-corrected chi connectivity index (χ2v) is 4.52. The molecule has 68 valence electrons. The van der Waals surface area contributed by atoms with Gasteiger partial charge in [0.25, 0.3) is 0 Å². The van der Waals surface area contributed by atoms with Crippen molar-refractivity contribution in [1.29, 1.82) is 0 Å². The highest BCUT2D eigenvalue weighted by Crippen LogP contribution is 2.50. The highest BCUT2D eigenvalue weighted by Gasteiger charge is 2.32. The number of rotatable bonds is 0. The summed E-state index contributed by atoms with van der Waals surface area (Å²) in [5, 5.41) is 0. The summed E-state index contributed by atoms with van der Waals surface area (Å²) in [7, 11) is 0. The first kappa shape index (κ1) is 7.05. The van der Waals surface area contributed by atoms with E-state index in [0.29, 0.717) is 0 Å². The van der Waals surface area contributed by atoms with Gasteiger partial charge in [0.1, 0.15) is 0 Å². The fourth-order valence-corrected chi connectivity index (χ4v) is 3.16. The molecular formula is C14H12. The van der Waals surface area contributed by atoms with Gasteiger partial charge in [0, 0.05) is 0 Å². The Morgan fingerprint density at radius 3 is 1.07 bits per heavy atom. The molecule has 0 amide bonds. The van der Waals surface area contributed by atoms with Crippen molar-refractivity contribution in [3.05, 3.63) is 57.7 Å². The summed E-state index contributed by atoms with van der Waals surface area (Å²) in [5.41, 5.74) is 9.61. The first-order valence-electron chi connectivity index (χ1n) is 5.49. The van der Waals surface area contributed by atoms with Crippen LogP contribution in [0.15, 0.2) is 57.7 Å². The predicted octanol–water partition coefficient (Wildman–Crippen LogP) is 3.60. The lowest BCUT2D eigenvalue weighted by atomic mass is 9.76. The van der Waals surface area contributed by atoms with Crippen LogP contribution in [0.25, 0.3) is 0 Å². The molecular weight excluding hydrogens is 168 g/mol. The van der Waals surface area contributed by atoms with Gasteiger partial charge in [-0.25, -0.2) is 0 Å². The van der Waals surface area contributed by atoms with Gasteiger partial charge in [0.15, 0.2) is 0 Å². The van der Waals surface area contributed by atoms with E-state index in [4.69, 9.17) is 0 Å². The minimum atomic E-state index is 1.26. The summed E-state index contributed by atoms with van der Waals surface area (Å²) in [5.74, 6) is 0. The summed E-state index contributed by atoms with van der Waals surface area (Å²) in [4.78, 5) is 0. The molecule has 0 aromatic carbocycles. The van der Waals surface area contributed by atoms with Crippen molar-refractivity contribution in [1.82, 2.24) is 0 Å². The van der Waals surface area contributed by atoms with E-state index < -0.39 is 0 Å². The largest absolute Gasteiger partial charge is 0.0581 e. The van der Waals surface area contributed by atoms with E-state index in [9.17, 15) is 0 Å². The molecule has 0 heteroatoms. The van der Waals surface area contributed by atoms with Gasteiger partial charge < -0.3 is 0 Å². The fourth-order valence-electron chi connectivity index (χ4n) is 3.16. The Morgan fingerprint density at radius 1 is 0.500 bits per heavy atom. The minimum Gasteiger partial charge on any atom is -0.0581 e. The zero-order valence-electron chi connectivity index (χ0n) is 8.14. The summed E-state index contributed by atoms with van der Waals surface area (Å²) < 4.78 is 0. The average Bonchev–Trinajstić information content (AvgIpc) is 2.77. The molecule has 0 N–H and O–H groups in total. The lowest BCUT2D eigenvalue weighted by molar-refractivity contribution is 0.844. The summed E-state index contributed by atoms with van der Waals surface area (Å²) in [6.45, 7) is 0. The van der Waals surface area contributed by atoms with Crippen molar-refractivity contribution in [2.45, 2.75) is 25.7 Å². The average molecular weight is 180 g/mol. The molecule has 0 nitrogen and oxygen atoms in total. The quantitative estimate of drug-likeness (QED) is 0.534. The zero-order chi connectivity index (χ0) is 9.12. The van der Waals surface area contributed by atoms with Crippen molar-refractivity contribution in [2.24, 2.45) is 0 Å². The second-order valence-electron chi connectivity index (χ2n) is 4.52. The van der Waals surface area contributed by atoms with E-state index >= 15 is 0 Å². The molecule has 0 aromatic heterocycles. The molecule has 0 spiro atoms. The van der Waals surface area contributed by atoms with Gasteiger partial charge in [0.2, 0.25) is 0 Å². The van der Waals surface area contributed by atoms with E-state index in [1.165, 1.54) is 25.7 Å². The summed E-state index contributed by atoms with van der Waals surface area (Å²) >= 11 is 0. The molecule has 4 rings (SSSR count). The van der Waals surface area contributed by atoms with Gasteiger partial charge >= 0.3 is 0 Å². The van der Waals surface area contributed by atoms with Gasteiger partial charge in [-0.2, -0.15) is 0 Å². The van der Waals surface area contributed by atoms with E-state index in [1.807, 2.05) is 0 Å². The van der Waals surface area contributed by atoms with Crippen LogP contribution in [-0.4, -0.2) is 0 Å². The molecule has 0 unspecified atom stereocenters. The first-order valence-corrected chi connectivity index (χ1v) is 5.49. The zero-order valence-corrected chi connectivity index (χ0v) is 8.14. The fraction of sp³-hybridized carbons (Fsp3) is 0.286. The molecule has 0 fully saturated rings. The topological polar surface area (TPSA) is 0 Å². The second kappa shape index (κ2) is 2.20. The third-order valence-electron chi connectivity index (χ3n) is 3.83. The molecule has 0 saturated heterocycles. The van der Waals surface area contributed by atoms with Crippen molar-refractivity contribution in [3.8, 4) is 0 Å². The Labute approximate surface area is 84.0 Å². The molecule has 0 heterocycles. The first-order chi connectivity index (χ1) is 6.93. The molecule has 0 aliphatic heterocycles. The Bertz CT molecular complexity index is 400. The van der Waals surface area contributed by atoms with Crippen LogP contribution in [-0.2, 0) is 0 Å². The molecule has 0 atom stereocenters. The van der Waals surface area contributed by atoms with Gasteiger partial charge in [-0.05, 0) is 59.1 Å². The molecule has 0 saturated carbocycles. The van der Waals surface area contributed by atoms with Crippen LogP contribution in [0.5, 0.6) is 0 Å². The summed E-state index contributed by atoms with van der Waals surface area (Å²) in [6, 6.07) is 0. The van der Waals surface area contributed by atoms with E-state index in [2.05, 4.69) is 24.3 Å². The third kappa shape index (κ3) is 0.672. The number of hydrogen-bond donors (Lipinski definition) is 0. The van der Waals surface area contributed by atoms with Gasteiger partial charge in [0.05, 0.1) is 0 Å². The van der Waals surface area contributed by atoms with Gasteiger partial charge in [-0.1, -0.05) is 24.3 Å². The van der Waals surface area contributed by atoms with Crippen LogP contribution >= 0.6 is 0 Å². The number of hydrogen-bond acceptors (Lipinski definition) is 0. The molecule has 0 aromatic rings. The monoisotopic (exact) mass is 180 g/mol. The molecule has 4 aliphatic rings. The predicted molar refractivity (Wildman–Crippen MR) is 57.8 cm³/mol. The van der Waals surface area contributed by atoms with Crippen LogP contribution in [0, 0.1) is 0 Å². The van der Waals surface area contributed by atoms with Crippen molar-refractivity contribution >= 4 is 0 Å². The van der Waals surface area contributed by atoms with Crippen LogP contribution < -0.4 is 0 Å². The van der Waals surface area contributed by atoms with E-state index in [-0.39, 0.29) is 0 Å². The Kier molecular flexibility index (Phi) is 1.11. The lowest BCUT2D eigenvalue weighted by Gasteiger charge is -2.28. The maximum Gasteiger partial charge on any atom is -0.0114 e. The van der Waals surface area contributed by atoms with E-state index in [0.717, 1.165) is 0 Å². The Morgan fingerprint density at radius 2 is 0.786 bits per heavy atom. The standard InChI is InChI=1S/C14H12/c1-2-10-7-8-12-4-3-11-6-5-9(1)13(10)14(11)12/h1-4H,5-8H2. The maximum absolute atomic E-state index is 2.34. The van der Waals surface area contributed by atoms with Crippen molar-refractivity contribution in [2.75, 3.05) is 0 Å². The Hall–Kier alpha value is -1.30. The molecule has 14 heavy (non-hydrogen) atoms. The van der Waals surface area contributed by atoms with Crippen molar-refractivity contribution < 1.29 is 0 Å². The smallest absolute Gasteiger partial charge is 0.0114 e.